The second-order valence-electron chi connectivity index (χ2n) is 9.89. The number of carbonyl (C=O) groups is 1. The summed E-state index contributed by atoms with van der Waals surface area (Å²) in [5, 5.41) is 31.7. The molecule has 5 heterocycles. The predicted molar refractivity (Wildman–Crippen MR) is 150 cm³/mol. The second kappa shape index (κ2) is 10.6. The summed E-state index contributed by atoms with van der Waals surface area (Å²) >= 11 is 0. The highest BCUT2D eigenvalue weighted by atomic mass is 16.3. The Balaban J connectivity index is 1.18. The van der Waals surface area contributed by atoms with E-state index >= 15 is 0 Å². The predicted octanol–water partition coefficient (Wildman–Crippen LogP) is 3.74. The number of nitrogens with one attached hydrogen (secondary N) is 1. The normalized spacial score (nSPS) is 14.3. The van der Waals surface area contributed by atoms with Crippen LogP contribution in [0.4, 0.5) is 5.82 Å². The van der Waals surface area contributed by atoms with Crippen LogP contribution in [0.5, 0.6) is 0 Å². The quantitative estimate of drug-likeness (QED) is 0.341. The van der Waals surface area contributed by atoms with Crippen LogP contribution in [0.15, 0.2) is 73.3 Å². The number of nitrogens with zero attached hydrogens (tertiary/aromatic N) is 7. The van der Waals surface area contributed by atoms with Crippen LogP contribution in [0.3, 0.4) is 0 Å². The van der Waals surface area contributed by atoms with E-state index in [1.54, 1.807) is 15.6 Å². The maximum Gasteiger partial charge on any atom is 0.225 e. The van der Waals surface area contributed by atoms with E-state index in [9.17, 15) is 15.2 Å². The number of aliphatic hydroxyl groups excluding tert-OH is 1. The molecule has 200 valence electrons. The molecule has 0 radical (unpaired) electrons. The van der Waals surface area contributed by atoms with Gasteiger partial charge in [-0.05, 0) is 30.7 Å². The summed E-state index contributed by atoms with van der Waals surface area (Å²) in [6.45, 7) is 4.38. The number of nitriles is 1. The third-order valence-corrected chi connectivity index (χ3v) is 7.44. The number of aliphatic hydroxyl groups is 1. The van der Waals surface area contributed by atoms with Crippen LogP contribution in [-0.4, -0.2) is 66.9 Å². The van der Waals surface area contributed by atoms with Gasteiger partial charge in [0, 0.05) is 67.0 Å². The van der Waals surface area contributed by atoms with Crippen molar-refractivity contribution in [1.29, 1.82) is 5.26 Å². The number of carbonyl (C=O) groups excluding carboxylic acids is 1. The molecular formula is C30H28N8O2. The summed E-state index contributed by atoms with van der Waals surface area (Å²) in [6.07, 6.45) is 6.41. The van der Waals surface area contributed by atoms with E-state index in [4.69, 9.17) is 4.98 Å². The number of anilines is 1. The first-order chi connectivity index (χ1) is 19.5. The smallest absolute Gasteiger partial charge is 0.225 e. The molecule has 0 saturated carbocycles. The minimum Gasteiger partial charge on any atom is -0.388 e. The molecule has 0 unspecified atom stereocenters. The summed E-state index contributed by atoms with van der Waals surface area (Å²) in [5.74, 6) is 0.775. The van der Waals surface area contributed by atoms with Crippen molar-refractivity contribution in [3.63, 3.8) is 0 Å². The summed E-state index contributed by atoms with van der Waals surface area (Å²) in [5.41, 5.74) is 6.47. The molecule has 0 bridgehead atoms. The van der Waals surface area contributed by atoms with Crippen LogP contribution in [0.1, 0.15) is 29.3 Å². The Kier molecular flexibility index (Phi) is 6.72. The molecule has 2 N–H and O–H groups in total. The lowest BCUT2D eigenvalue weighted by molar-refractivity contribution is -0.133. The average Bonchev–Trinajstić information content (AvgIpc) is 3.63. The van der Waals surface area contributed by atoms with Crippen molar-refractivity contribution in [3.05, 3.63) is 90.1 Å². The molecule has 1 fully saturated rings. The van der Waals surface area contributed by atoms with Gasteiger partial charge in [0.25, 0.3) is 0 Å². The average molecular weight is 533 g/mol. The first-order valence-electron chi connectivity index (χ1n) is 13.2. The van der Waals surface area contributed by atoms with Gasteiger partial charge in [-0.1, -0.05) is 30.3 Å². The number of benzene rings is 1. The molecule has 1 aliphatic heterocycles. The summed E-state index contributed by atoms with van der Waals surface area (Å²) < 4.78 is 1.73. The number of amides is 1. The molecule has 40 heavy (non-hydrogen) atoms. The summed E-state index contributed by atoms with van der Waals surface area (Å²) in [6, 6.07) is 17.5. The maximum atomic E-state index is 12.8. The van der Waals surface area contributed by atoms with Crippen LogP contribution in [0, 0.1) is 18.3 Å². The number of H-pyrrole nitrogens is 1. The Morgan fingerprint density at radius 1 is 1.07 bits per heavy atom. The Labute approximate surface area is 231 Å². The summed E-state index contributed by atoms with van der Waals surface area (Å²) in [4.78, 5) is 21.5. The molecule has 1 saturated heterocycles. The lowest BCUT2D eigenvalue weighted by Gasteiger charge is -2.35. The molecule has 10 nitrogen and oxygen atoms in total. The Bertz CT molecular complexity index is 1690. The topological polar surface area (TPSA) is 126 Å². The Morgan fingerprint density at radius 3 is 2.55 bits per heavy atom. The number of pyridine rings is 2. The molecular weight excluding hydrogens is 504 g/mol. The molecule has 4 aromatic heterocycles. The number of aromatic nitrogens is 5. The fourth-order valence-electron chi connectivity index (χ4n) is 5.23. The third-order valence-electron chi connectivity index (χ3n) is 7.44. The molecule has 0 aliphatic carbocycles. The van der Waals surface area contributed by atoms with Crippen molar-refractivity contribution < 1.29 is 9.90 Å². The van der Waals surface area contributed by atoms with Crippen molar-refractivity contribution in [2.24, 2.45) is 0 Å². The number of rotatable bonds is 6. The highest BCUT2D eigenvalue weighted by Crippen LogP contribution is 2.33. The first-order valence-corrected chi connectivity index (χ1v) is 13.2. The highest BCUT2D eigenvalue weighted by Gasteiger charge is 2.24. The number of hydrogen-bond donors (Lipinski definition) is 2. The van der Waals surface area contributed by atoms with Gasteiger partial charge >= 0.3 is 0 Å². The molecule has 10 heteroatoms. The van der Waals surface area contributed by atoms with Crippen LogP contribution < -0.4 is 4.90 Å². The zero-order chi connectivity index (χ0) is 27.6. The minimum atomic E-state index is -0.805. The standard InChI is InChI=1S/C30H28N8O2/c1-20-26(18-33-35-20)23-13-25(30-24(15-31)17-34-38(30)19-23)22-7-8-28(32-16-22)36-9-11-37(12-10-36)29(40)14-27(39)21-5-3-2-4-6-21/h2-8,13,16-19,27,39H,9-12,14H2,1H3,(H,33,35)/t27-/m0/s1. The van der Waals surface area contributed by atoms with E-state index in [1.807, 2.05) is 74.0 Å². The van der Waals surface area contributed by atoms with Crippen molar-refractivity contribution in [2.45, 2.75) is 19.4 Å². The van der Waals surface area contributed by atoms with Gasteiger partial charge in [-0.2, -0.15) is 15.5 Å². The SMILES string of the molecule is Cc1n[nH]cc1-c1cc(-c2ccc(N3CCN(C(=O)C[C@H](O)c4ccccc4)CC3)nc2)c2c(C#N)cnn2c1. The van der Waals surface area contributed by atoms with Crippen molar-refractivity contribution in [1.82, 2.24) is 29.7 Å². The molecule has 1 amide bonds. The first kappa shape index (κ1) is 25.3. The molecule has 6 rings (SSSR count). The van der Waals surface area contributed by atoms with Gasteiger partial charge in [0.2, 0.25) is 5.91 Å². The van der Waals surface area contributed by atoms with E-state index in [2.05, 4.69) is 26.3 Å². The van der Waals surface area contributed by atoms with Gasteiger partial charge in [-0.3, -0.25) is 9.89 Å². The largest absolute Gasteiger partial charge is 0.388 e. The molecule has 1 aliphatic rings. The minimum absolute atomic E-state index is 0.0508. The fraction of sp³-hybridized carbons (Fsp3) is 0.233. The Hall–Kier alpha value is -5.01. The van der Waals surface area contributed by atoms with E-state index < -0.39 is 6.10 Å². The van der Waals surface area contributed by atoms with E-state index in [1.165, 1.54) is 0 Å². The zero-order valence-electron chi connectivity index (χ0n) is 22.0. The van der Waals surface area contributed by atoms with Crippen LogP contribution in [0.25, 0.3) is 27.8 Å². The van der Waals surface area contributed by atoms with Crippen LogP contribution in [-0.2, 0) is 4.79 Å². The van der Waals surface area contributed by atoms with Crippen molar-refractivity contribution >= 4 is 17.2 Å². The summed E-state index contributed by atoms with van der Waals surface area (Å²) in [7, 11) is 0. The van der Waals surface area contributed by atoms with Crippen molar-refractivity contribution in [3.8, 4) is 28.3 Å². The number of piperazine rings is 1. The van der Waals surface area contributed by atoms with Gasteiger partial charge in [0.15, 0.2) is 0 Å². The van der Waals surface area contributed by atoms with Gasteiger partial charge in [0.1, 0.15) is 11.9 Å². The lowest BCUT2D eigenvalue weighted by Crippen LogP contribution is -2.49. The van der Waals surface area contributed by atoms with Gasteiger partial charge in [-0.15, -0.1) is 0 Å². The van der Waals surface area contributed by atoms with Gasteiger partial charge in [-0.25, -0.2) is 9.50 Å². The second-order valence-corrected chi connectivity index (χ2v) is 9.89. The van der Waals surface area contributed by atoms with Gasteiger partial charge in [0.05, 0.1) is 35.5 Å². The van der Waals surface area contributed by atoms with Crippen molar-refractivity contribution in [2.75, 3.05) is 31.1 Å². The zero-order valence-corrected chi connectivity index (χ0v) is 22.0. The van der Waals surface area contributed by atoms with E-state index in [0.717, 1.165) is 44.8 Å². The number of hydrogen-bond acceptors (Lipinski definition) is 7. The lowest BCUT2D eigenvalue weighted by atomic mass is 10.0. The molecule has 1 aromatic carbocycles. The Morgan fingerprint density at radius 2 is 1.88 bits per heavy atom. The molecule has 5 aromatic rings. The number of aromatic amines is 1. The number of fused-ring (bicyclic) bond motifs is 1. The monoisotopic (exact) mass is 532 g/mol. The maximum absolute atomic E-state index is 12.8. The third kappa shape index (κ3) is 4.79. The highest BCUT2D eigenvalue weighted by molar-refractivity contribution is 5.87. The number of aryl methyl sites for hydroxylation is 1. The molecule has 1 atom stereocenters. The van der Waals surface area contributed by atoms with E-state index in [0.29, 0.717) is 31.7 Å². The van der Waals surface area contributed by atoms with Crippen LogP contribution >= 0.6 is 0 Å². The van der Waals surface area contributed by atoms with E-state index in [-0.39, 0.29) is 12.3 Å². The fourth-order valence-corrected chi connectivity index (χ4v) is 5.23. The van der Waals surface area contributed by atoms with Crippen LogP contribution in [0.2, 0.25) is 0 Å². The van der Waals surface area contributed by atoms with Gasteiger partial charge < -0.3 is 14.9 Å². The molecule has 0 spiro atoms.